The lowest BCUT2D eigenvalue weighted by Crippen LogP contribution is -2.42. The van der Waals surface area contributed by atoms with E-state index in [2.05, 4.69) is 5.32 Å². The number of alkyl carbamates (subject to hydrolysis) is 1. The third-order valence-electron chi connectivity index (χ3n) is 2.52. The van der Waals surface area contributed by atoms with Gasteiger partial charge in [0.15, 0.2) is 0 Å². The van der Waals surface area contributed by atoms with Crippen LogP contribution in [0.1, 0.15) is 46.5 Å². The number of carbonyl (C=O) groups is 1. The molecule has 0 saturated carbocycles. The van der Waals surface area contributed by atoms with Crippen LogP contribution in [0.15, 0.2) is 12.2 Å². The van der Waals surface area contributed by atoms with Crippen molar-refractivity contribution in [1.82, 2.24) is 5.32 Å². The summed E-state index contributed by atoms with van der Waals surface area (Å²) in [5.41, 5.74) is -0.279. The maximum absolute atomic E-state index is 11.6. The molecule has 1 aliphatic rings. The number of carbonyl (C=O) groups excluding carboxylic acids is 1. The maximum atomic E-state index is 11.6. The molecule has 2 atom stereocenters. The molecule has 0 heterocycles. The van der Waals surface area contributed by atoms with Crippen LogP contribution in [-0.4, -0.2) is 28.9 Å². The Hall–Kier alpha value is -1.03. The Balaban J connectivity index is 2.42. The zero-order valence-electron chi connectivity index (χ0n) is 10.9. The lowest BCUT2D eigenvalue weighted by Gasteiger charge is -2.23. The molecule has 2 N–H and O–H groups in total. The van der Waals surface area contributed by atoms with Gasteiger partial charge in [-0.1, -0.05) is 6.08 Å². The first kappa shape index (κ1) is 14.0. The molecular weight excluding hydrogens is 218 g/mol. The number of ether oxygens (including phenoxy) is 1. The van der Waals surface area contributed by atoms with Gasteiger partial charge in [0.05, 0.1) is 6.10 Å². The van der Waals surface area contributed by atoms with Crippen LogP contribution in [0.4, 0.5) is 4.79 Å². The van der Waals surface area contributed by atoms with Gasteiger partial charge in [-0.25, -0.2) is 4.79 Å². The number of aliphatic hydroxyl groups is 1. The topological polar surface area (TPSA) is 58.6 Å². The van der Waals surface area contributed by atoms with Crippen molar-refractivity contribution in [3.63, 3.8) is 0 Å². The molecule has 0 aromatic heterocycles. The Morgan fingerprint density at radius 2 is 2.12 bits per heavy atom. The van der Waals surface area contributed by atoms with E-state index in [-0.39, 0.29) is 23.8 Å². The fraction of sp³-hybridized carbons (Fsp3) is 0.769. The van der Waals surface area contributed by atoms with Gasteiger partial charge >= 0.3 is 6.09 Å². The minimum atomic E-state index is -0.381. The second-order valence-corrected chi connectivity index (χ2v) is 5.57. The van der Waals surface area contributed by atoms with E-state index in [1.54, 1.807) is 0 Å². The van der Waals surface area contributed by atoms with Crippen LogP contribution in [0.25, 0.3) is 0 Å². The van der Waals surface area contributed by atoms with E-state index < -0.39 is 0 Å². The van der Waals surface area contributed by atoms with E-state index in [1.165, 1.54) is 0 Å². The lowest BCUT2D eigenvalue weighted by molar-refractivity contribution is 0.0993. The molecule has 1 aliphatic carbocycles. The van der Waals surface area contributed by atoms with Crippen molar-refractivity contribution < 1.29 is 14.6 Å². The van der Waals surface area contributed by atoms with Crippen molar-refractivity contribution in [2.75, 3.05) is 0 Å². The summed E-state index contributed by atoms with van der Waals surface area (Å²) < 4.78 is 5.32. The van der Waals surface area contributed by atoms with Gasteiger partial charge in [0.1, 0.15) is 6.10 Å². The van der Waals surface area contributed by atoms with Gasteiger partial charge < -0.3 is 15.2 Å². The highest BCUT2D eigenvalue weighted by Crippen LogP contribution is 2.15. The Morgan fingerprint density at radius 3 is 2.76 bits per heavy atom. The van der Waals surface area contributed by atoms with Crippen molar-refractivity contribution in [3.05, 3.63) is 12.2 Å². The SMILES string of the molecule is CC(C)(C)NC(=O)OC1/C=C/CC(O)CCC1. The highest BCUT2D eigenvalue weighted by molar-refractivity contribution is 5.68. The summed E-state index contributed by atoms with van der Waals surface area (Å²) in [5, 5.41) is 12.2. The van der Waals surface area contributed by atoms with Gasteiger partial charge in [-0.2, -0.15) is 0 Å². The molecule has 17 heavy (non-hydrogen) atoms. The quantitative estimate of drug-likeness (QED) is 0.693. The first-order valence-electron chi connectivity index (χ1n) is 6.20. The third-order valence-corrected chi connectivity index (χ3v) is 2.52. The van der Waals surface area contributed by atoms with Crippen molar-refractivity contribution >= 4 is 6.09 Å². The Morgan fingerprint density at radius 1 is 1.41 bits per heavy atom. The van der Waals surface area contributed by atoms with E-state index in [4.69, 9.17) is 4.74 Å². The minimum absolute atomic E-state index is 0.176. The third kappa shape index (κ3) is 6.31. The second kappa shape index (κ2) is 6.05. The second-order valence-electron chi connectivity index (χ2n) is 5.57. The molecule has 0 bridgehead atoms. The number of amides is 1. The first-order chi connectivity index (χ1) is 7.87. The molecule has 0 saturated heterocycles. The van der Waals surface area contributed by atoms with Crippen molar-refractivity contribution in [1.29, 1.82) is 0 Å². The number of nitrogens with one attached hydrogen (secondary N) is 1. The molecule has 0 radical (unpaired) electrons. The fourth-order valence-electron chi connectivity index (χ4n) is 1.73. The molecule has 2 unspecified atom stereocenters. The van der Waals surface area contributed by atoms with Crippen LogP contribution in [-0.2, 0) is 4.74 Å². The van der Waals surface area contributed by atoms with Crippen molar-refractivity contribution in [3.8, 4) is 0 Å². The number of hydrogen-bond donors (Lipinski definition) is 2. The zero-order valence-corrected chi connectivity index (χ0v) is 10.9. The van der Waals surface area contributed by atoms with Crippen molar-refractivity contribution in [2.45, 2.75) is 64.2 Å². The number of hydrogen-bond acceptors (Lipinski definition) is 3. The average molecular weight is 241 g/mol. The summed E-state index contributed by atoms with van der Waals surface area (Å²) in [6.07, 6.45) is 5.99. The molecular formula is C13H23NO3. The van der Waals surface area contributed by atoms with Crippen LogP contribution in [0.3, 0.4) is 0 Å². The van der Waals surface area contributed by atoms with Gasteiger partial charge in [0.2, 0.25) is 0 Å². The number of aliphatic hydroxyl groups excluding tert-OH is 1. The Labute approximate surface area is 103 Å². The summed E-state index contributed by atoms with van der Waals surface area (Å²) in [7, 11) is 0. The van der Waals surface area contributed by atoms with Gasteiger partial charge in [0.25, 0.3) is 0 Å². The highest BCUT2D eigenvalue weighted by atomic mass is 16.6. The molecule has 1 rings (SSSR count). The number of rotatable bonds is 1. The van der Waals surface area contributed by atoms with Crippen LogP contribution in [0.5, 0.6) is 0 Å². The monoisotopic (exact) mass is 241 g/mol. The smallest absolute Gasteiger partial charge is 0.408 e. The maximum Gasteiger partial charge on any atom is 0.408 e. The molecule has 0 fully saturated rings. The highest BCUT2D eigenvalue weighted by Gasteiger charge is 2.18. The predicted molar refractivity (Wildman–Crippen MR) is 66.8 cm³/mol. The molecule has 0 spiro atoms. The van der Waals surface area contributed by atoms with Gasteiger partial charge in [0, 0.05) is 5.54 Å². The van der Waals surface area contributed by atoms with Crippen molar-refractivity contribution in [2.24, 2.45) is 0 Å². The predicted octanol–water partition coefficient (Wildman–Crippen LogP) is 2.37. The van der Waals surface area contributed by atoms with Gasteiger partial charge in [-0.05, 0) is 52.5 Å². The lowest BCUT2D eigenvalue weighted by atomic mass is 10.0. The van der Waals surface area contributed by atoms with E-state index in [1.807, 2.05) is 32.9 Å². The standard InChI is InChI=1S/C13H23NO3/c1-13(2,3)14-12(16)17-11-8-4-6-10(15)7-5-9-11/h4,8,10-11,15H,5-7,9H2,1-3H3,(H,14,16)/b8-4+. The van der Waals surface area contributed by atoms with Crippen LogP contribution in [0.2, 0.25) is 0 Å². The van der Waals surface area contributed by atoms with E-state index in [0.717, 1.165) is 19.3 Å². The van der Waals surface area contributed by atoms with Crippen LogP contribution >= 0.6 is 0 Å². The van der Waals surface area contributed by atoms with E-state index in [0.29, 0.717) is 6.42 Å². The summed E-state index contributed by atoms with van der Waals surface area (Å²) in [5.74, 6) is 0. The Kier molecular flexibility index (Phi) is 5.00. The van der Waals surface area contributed by atoms with Gasteiger partial charge in [-0.15, -0.1) is 0 Å². The fourth-order valence-corrected chi connectivity index (χ4v) is 1.73. The molecule has 4 heteroatoms. The molecule has 98 valence electrons. The van der Waals surface area contributed by atoms with Crippen LogP contribution in [0, 0.1) is 0 Å². The molecule has 0 aromatic carbocycles. The summed E-state index contributed by atoms with van der Waals surface area (Å²) >= 11 is 0. The van der Waals surface area contributed by atoms with Gasteiger partial charge in [-0.3, -0.25) is 0 Å². The minimum Gasteiger partial charge on any atom is -0.442 e. The summed E-state index contributed by atoms with van der Waals surface area (Å²) in [6.45, 7) is 5.75. The van der Waals surface area contributed by atoms with Crippen LogP contribution < -0.4 is 5.32 Å². The Bertz CT molecular complexity index is 281. The molecule has 4 nitrogen and oxygen atoms in total. The molecule has 0 aromatic rings. The van der Waals surface area contributed by atoms with E-state index in [9.17, 15) is 9.90 Å². The largest absolute Gasteiger partial charge is 0.442 e. The summed E-state index contributed by atoms with van der Waals surface area (Å²) in [6, 6.07) is 0. The summed E-state index contributed by atoms with van der Waals surface area (Å²) in [4.78, 5) is 11.6. The average Bonchev–Trinajstić information content (AvgIpc) is 2.10. The van der Waals surface area contributed by atoms with E-state index >= 15 is 0 Å². The normalized spacial score (nSPS) is 27.8. The molecule has 1 amide bonds. The zero-order chi connectivity index (χ0) is 12.9. The molecule has 0 aliphatic heterocycles. The first-order valence-corrected chi connectivity index (χ1v) is 6.20.